The van der Waals surface area contributed by atoms with E-state index < -0.39 is 12.2 Å². The lowest BCUT2D eigenvalue weighted by Gasteiger charge is -2.15. The van der Waals surface area contributed by atoms with Crippen LogP contribution in [0.3, 0.4) is 0 Å². The minimum Gasteiger partial charge on any atom is -0.490 e. The monoisotopic (exact) mass is 273 g/mol. The second-order valence-corrected chi connectivity index (χ2v) is 4.30. The molecule has 106 valence electrons. The van der Waals surface area contributed by atoms with Gasteiger partial charge in [-0.3, -0.25) is 0 Å². The van der Waals surface area contributed by atoms with Crippen LogP contribution in [0.1, 0.15) is 25.8 Å². The maximum atomic E-state index is 12.3. The fourth-order valence-electron chi connectivity index (χ4n) is 1.34. The van der Waals surface area contributed by atoms with Gasteiger partial charge < -0.3 is 10.5 Å². The number of halogens is 3. The third kappa shape index (κ3) is 4.95. The van der Waals surface area contributed by atoms with Gasteiger partial charge in [-0.1, -0.05) is 37.3 Å². The number of rotatable bonds is 5. The van der Waals surface area contributed by atoms with E-state index in [-0.39, 0.29) is 6.10 Å². The zero-order valence-corrected chi connectivity index (χ0v) is 10.9. The fourth-order valence-corrected chi connectivity index (χ4v) is 1.34. The molecule has 2 N–H and O–H groups in total. The lowest BCUT2D eigenvalue weighted by atomic mass is 10.1. The van der Waals surface area contributed by atoms with Gasteiger partial charge in [-0.05, 0) is 19.4 Å². The Bertz CT molecular complexity index is 429. The van der Waals surface area contributed by atoms with Crippen molar-refractivity contribution in [2.45, 2.75) is 38.6 Å². The summed E-state index contributed by atoms with van der Waals surface area (Å²) in [7, 11) is 0. The average Bonchev–Trinajstić information content (AvgIpc) is 2.36. The molecule has 2 atom stereocenters. The van der Waals surface area contributed by atoms with Crippen molar-refractivity contribution in [3.63, 3.8) is 0 Å². The Kier molecular flexibility index (Phi) is 5.42. The third-order valence-corrected chi connectivity index (χ3v) is 2.68. The highest BCUT2D eigenvalue weighted by molar-refractivity contribution is 5.57. The molecule has 0 bridgehead atoms. The minimum atomic E-state index is -4.43. The maximum absolute atomic E-state index is 12.3. The highest BCUT2D eigenvalue weighted by atomic mass is 19.4. The molecule has 19 heavy (non-hydrogen) atoms. The minimum absolute atomic E-state index is 0.00541. The Balaban J connectivity index is 2.86. The van der Waals surface area contributed by atoms with Gasteiger partial charge in [-0.15, -0.1) is 0 Å². The zero-order valence-electron chi connectivity index (χ0n) is 10.9. The van der Waals surface area contributed by atoms with Crippen LogP contribution in [-0.2, 0) is 0 Å². The van der Waals surface area contributed by atoms with E-state index in [1.54, 1.807) is 24.3 Å². The SMILES string of the molecule is CCC(C)Oc1ccccc1C=C[C@H](N)C(F)(F)F. The van der Waals surface area contributed by atoms with Gasteiger partial charge in [0.2, 0.25) is 0 Å². The number of para-hydroxylation sites is 1. The van der Waals surface area contributed by atoms with E-state index in [0.717, 1.165) is 12.5 Å². The molecule has 1 aromatic carbocycles. The predicted molar refractivity (Wildman–Crippen MR) is 69.9 cm³/mol. The molecule has 1 aromatic rings. The molecular weight excluding hydrogens is 255 g/mol. The van der Waals surface area contributed by atoms with Gasteiger partial charge in [0, 0.05) is 5.56 Å². The van der Waals surface area contributed by atoms with E-state index in [2.05, 4.69) is 0 Å². The topological polar surface area (TPSA) is 35.2 Å². The Morgan fingerprint density at radius 2 is 1.95 bits per heavy atom. The van der Waals surface area contributed by atoms with Gasteiger partial charge in [0.25, 0.3) is 0 Å². The Labute approximate surface area is 111 Å². The Morgan fingerprint density at radius 1 is 1.32 bits per heavy atom. The molecule has 0 aliphatic carbocycles. The first kappa shape index (κ1) is 15.6. The van der Waals surface area contributed by atoms with Crippen LogP contribution in [0.4, 0.5) is 13.2 Å². The number of hydrogen-bond acceptors (Lipinski definition) is 2. The van der Waals surface area contributed by atoms with Gasteiger partial charge in [-0.2, -0.15) is 13.2 Å². The van der Waals surface area contributed by atoms with Gasteiger partial charge in [-0.25, -0.2) is 0 Å². The fraction of sp³-hybridized carbons (Fsp3) is 0.429. The summed E-state index contributed by atoms with van der Waals surface area (Å²) in [5, 5.41) is 0. The van der Waals surface area contributed by atoms with E-state index in [1.807, 2.05) is 13.8 Å². The number of nitrogens with two attached hydrogens (primary N) is 1. The third-order valence-electron chi connectivity index (χ3n) is 2.68. The first-order valence-corrected chi connectivity index (χ1v) is 6.10. The zero-order chi connectivity index (χ0) is 14.5. The molecule has 0 aromatic heterocycles. The number of benzene rings is 1. The van der Waals surface area contributed by atoms with Gasteiger partial charge in [0.05, 0.1) is 6.10 Å². The molecule has 0 saturated carbocycles. The molecule has 0 radical (unpaired) electrons. The summed E-state index contributed by atoms with van der Waals surface area (Å²) in [4.78, 5) is 0. The van der Waals surface area contributed by atoms with Crippen LogP contribution in [0.15, 0.2) is 30.3 Å². The summed E-state index contributed by atoms with van der Waals surface area (Å²) in [6.07, 6.45) is -1.33. The largest absolute Gasteiger partial charge is 0.490 e. The van der Waals surface area contributed by atoms with Crippen molar-refractivity contribution in [2.24, 2.45) is 5.73 Å². The normalized spacial score (nSPS) is 15.5. The predicted octanol–water partition coefficient (Wildman–Crippen LogP) is 3.77. The second-order valence-electron chi connectivity index (χ2n) is 4.30. The van der Waals surface area contributed by atoms with Crippen LogP contribution in [0.25, 0.3) is 6.08 Å². The van der Waals surface area contributed by atoms with Crippen LogP contribution >= 0.6 is 0 Å². The Hall–Kier alpha value is -1.49. The highest BCUT2D eigenvalue weighted by Gasteiger charge is 2.34. The standard InChI is InChI=1S/C14H18F3NO/c1-3-10(2)19-12-7-5-4-6-11(12)8-9-13(18)14(15,16)17/h4-10,13H,3,18H2,1-2H3/t10?,13-/m0/s1. The van der Waals surface area contributed by atoms with E-state index >= 15 is 0 Å². The average molecular weight is 273 g/mol. The van der Waals surface area contributed by atoms with Crippen molar-refractivity contribution in [2.75, 3.05) is 0 Å². The molecule has 0 spiro atoms. The second kappa shape index (κ2) is 6.61. The van der Waals surface area contributed by atoms with Gasteiger partial charge in [0.1, 0.15) is 11.8 Å². The van der Waals surface area contributed by atoms with E-state index in [0.29, 0.717) is 11.3 Å². The maximum Gasteiger partial charge on any atom is 0.407 e. The lowest BCUT2D eigenvalue weighted by Crippen LogP contribution is -2.35. The molecule has 2 nitrogen and oxygen atoms in total. The van der Waals surface area contributed by atoms with Crippen LogP contribution in [0, 0.1) is 0 Å². The summed E-state index contributed by atoms with van der Waals surface area (Å²) < 4.78 is 42.6. The van der Waals surface area contributed by atoms with Crippen molar-refractivity contribution in [1.29, 1.82) is 0 Å². The first-order valence-electron chi connectivity index (χ1n) is 6.10. The number of hydrogen-bond donors (Lipinski definition) is 1. The molecule has 0 heterocycles. The summed E-state index contributed by atoms with van der Waals surface area (Å²) >= 11 is 0. The van der Waals surface area contributed by atoms with Crippen molar-refractivity contribution in [1.82, 2.24) is 0 Å². The molecule has 0 amide bonds. The van der Waals surface area contributed by atoms with Crippen LogP contribution in [0.2, 0.25) is 0 Å². The number of ether oxygens (including phenoxy) is 1. The number of alkyl halides is 3. The van der Waals surface area contributed by atoms with E-state index in [1.165, 1.54) is 6.08 Å². The summed E-state index contributed by atoms with van der Waals surface area (Å²) in [5.74, 6) is 0.558. The van der Waals surface area contributed by atoms with E-state index in [4.69, 9.17) is 10.5 Å². The van der Waals surface area contributed by atoms with E-state index in [9.17, 15) is 13.2 Å². The van der Waals surface area contributed by atoms with Gasteiger partial charge in [0.15, 0.2) is 0 Å². The Morgan fingerprint density at radius 3 is 2.53 bits per heavy atom. The summed E-state index contributed by atoms with van der Waals surface area (Å²) in [5.41, 5.74) is 5.61. The first-order chi connectivity index (χ1) is 8.84. The molecule has 5 heteroatoms. The smallest absolute Gasteiger partial charge is 0.407 e. The van der Waals surface area contributed by atoms with Gasteiger partial charge >= 0.3 is 6.18 Å². The quantitative estimate of drug-likeness (QED) is 0.886. The molecular formula is C14H18F3NO. The highest BCUT2D eigenvalue weighted by Crippen LogP contribution is 2.24. The van der Waals surface area contributed by atoms with Crippen LogP contribution in [0.5, 0.6) is 5.75 Å². The van der Waals surface area contributed by atoms with Crippen molar-refractivity contribution in [3.8, 4) is 5.75 Å². The molecule has 0 aliphatic rings. The van der Waals surface area contributed by atoms with Crippen molar-refractivity contribution < 1.29 is 17.9 Å². The van der Waals surface area contributed by atoms with Crippen molar-refractivity contribution in [3.05, 3.63) is 35.9 Å². The molecule has 1 unspecified atom stereocenters. The molecule has 0 saturated heterocycles. The molecule has 0 fully saturated rings. The lowest BCUT2D eigenvalue weighted by molar-refractivity contribution is -0.136. The summed E-state index contributed by atoms with van der Waals surface area (Å²) in [6.45, 7) is 3.88. The van der Waals surface area contributed by atoms with Crippen molar-refractivity contribution >= 4 is 6.08 Å². The summed E-state index contributed by atoms with van der Waals surface area (Å²) in [6, 6.07) is 4.97. The molecule has 0 aliphatic heterocycles. The van der Waals surface area contributed by atoms with Crippen LogP contribution in [-0.4, -0.2) is 18.3 Å². The van der Waals surface area contributed by atoms with Crippen LogP contribution < -0.4 is 10.5 Å². The molecule has 1 rings (SSSR count).